The summed E-state index contributed by atoms with van der Waals surface area (Å²) in [4.78, 5) is 12.7. The predicted octanol–water partition coefficient (Wildman–Crippen LogP) is 2.82. The molecule has 2 aliphatic heterocycles. The van der Waals surface area contributed by atoms with Crippen molar-refractivity contribution < 1.29 is 9.53 Å². The summed E-state index contributed by atoms with van der Waals surface area (Å²) in [5.74, 6) is 2.77. The Hall–Kier alpha value is -2.37. The van der Waals surface area contributed by atoms with Crippen LogP contribution in [0.25, 0.3) is 0 Å². The van der Waals surface area contributed by atoms with E-state index < -0.39 is 0 Å². The van der Waals surface area contributed by atoms with Crippen molar-refractivity contribution in [3.8, 4) is 5.75 Å². The van der Waals surface area contributed by atoms with Crippen LogP contribution in [-0.4, -0.2) is 26.8 Å². The molecule has 6 nitrogen and oxygen atoms in total. The maximum Gasteiger partial charge on any atom is 0.255 e. The van der Waals surface area contributed by atoms with E-state index in [1.165, 1.54) is 6.42 Å². The third-order valence-corrected chi connectivity index (χ3v) is 5.38. The van der Waals surface area contributed by atoms with Crippen molar-refractivity contribution in [1.29, 1.82) is 0 Å². The second kappa shape index (κ2) is 6.50. The molecule has 25 heavy (non-hydrogen) atoms. The summed E-state index contributed by atoms with van der Waals surface area (Å²) in [6, 6.07) is 5.79. The zero-order chi connectivity index (χ0) is 17.4. The van der Waals surface area contributed by atoms with E-state index in [9.17, 15) is 4.79 Å². The van der Waals surface area contributed by atoms with Gasteiger partial charge in [-0.2, -0.15) is 0 Å². The van der Waals surface area contributed by atoms with Gasteiger partial charge in [0.1, 0.15) is 17.7 Å². The lowest BCUT2D eigenvalue weighted by Gasteiger charge is -2.11. The van der Waals surface area contributed by atoms with E-state index >= 15 is 0 Å². The van der Waals surface area contributed by atoms with E-state index in [-0.39, 0.29) is 12.0 Å². The minimum atomic E-state index is -0.121. The van der Waals surface area contributed by atoms with E-state index in [2.05, 4.69) is 27.0 Å². The highest BCUT2D eigenvalue weighted by Crippen LogP contribution is 2.40. The zero-order valence-electron chi connectivity index (χ0n) is 14.8. The number of rotatable bonds is 3. The molecule has 2 aromatic rings. The van der Waals surface area contributed by atoms with Crippen molar-refractivity contribution in [3.05, 3.63) is 41.0 Å². The molecule has 1 N–H and O–H groups in total. The third kappa shape index (κ3) is 2.90. The Morgan fingerprint density at radius 3 is 3.04 bits per heavy atom. The highest BCUT2D eigenvalue weighted by molar-refractivity contribution is 5.97. The van der Waals surface area contributed by atoms with Crippen LogP contribution in [0.3, 0.4) is 0 Å². The third-order valence-electron chi connectivity index (χ3n) is 5.38. The van der Waals surface area contributed by atoms with Crippen molar-refractivity contribution in [2.45, 2.75) is 64.6 Å². The number of nitrogens with zero attached hydrogens (tertiary/aromatic N) is 3. The fourth-order valence-corrected chi connectivity index (χ4v) is 3.70. The number of carbonyl (C=O) groups is 1. The maximum atomic E-state index is 12.7. The molecule has 0 radical (unpaired) electrons. The van der Waals surface area contributed by atoms with Gasteiger partial charge < -0.3 is 14.6 Å². The highest BCUT2D eigenvalue weighted by Gasteiger charge is 2.31. The first-order valence-electron chi connectivity index (χ1n) is 9.14. The summed E-state index contributed by atoms with van der Waals surface area (Å²) in [6.07, 6.45) is 4.59. The Morgan fingerprint density at radius 1 is 1.28 bits per heavy atom. The quantitative estimate of drug-likeness (QED) is 0.933. The summed E-state index contributed by atoms with van der Waals surface area (Å²) >= 11 is 0. The first kappa shape index (κ1) is 16.1. The zero-order valence-corrected chi connectivity index (χ0v) is 14.8. The van der Waals surface area contributed by atoms with Gasteiger partial charge in [0.15, 0.2) is 5.82 Å². The van der Waals surface area contributed by atoms with Gasteiger partial charge in [0.25, 0.3) is 5.91 Å². The minimum absolute atomic E-state index is 0.0937. The average Bonchev–Trinajstić information content (AvgIpc) is 3.03. The van der Waals surface area contributed by atoms with Gasteiger partial charge in [0.2, 0.25) is 0 Å². The molecule has 6 heteroatoms. The number of carbonyl (C=O) groups excluding carboxylic acids is 1. The van der Waals surface area contributed by atoms with Gasteiger partial charge in [-0.25, -0.2) is 0 Å². The van der Waals surface area contributed by atoms with Crippen LogP contribution in [0, 0.1) is 0 Å². The van der Waals surface area contributed by atoms with Crippen LogP contribution in [0.4, 0.5) is 0 Å². The number of hydrogen-bond acceptors (Lipinski definition) is 4. The Labute approximate surface area is 147 Å². The molecule has 1 aromatic heterocycles. The molecule has 0 fully saturated rings. The van der Waals surface area contributed by atoms with E-state index in [0.717, 1.165) is 48.8 Å². The molecule has 4 rings (SSSR count). The maximum absolute atomic E-state index is 12.7. The van der Waals surface area contributed by atoms with Crippen LogP contribution in [0.2, 0.25) is 0 Å². The average molecular weight is 340 g/mol. The second-order valence-corrected chi connectivity index (χ2v) is 7.01. The Kier molecular flexibility index (Phi) is 4.19. The van der Waals surface area contributed by atoms with Gasteiger partial charge in [-0.05, 0) is 25.8 Å². The molecule has 2 unspecified atom stereocenters. The van der Waals surface area contributed by atoms with Crippen molar-refractivity contribution in [1.82, 2.24) is 20.1 Å². The molecular formula is C19H24N4O2. The Bertz CT molecular complexity index is 799. The first-order chi connectivity index (χ1) is 12.1. The fraction of sp³-hybridized carbons (Fsp3) is 0.526. The molecule has 0 aliphatic carbocycles. The van der Waals surface area contributed by atoms with Crippen LogP contribution >= 0.6 is 0 Å². The normalized spacial score (nSPS) is 21.8. The van der Waals surface area contributed by atoms with Crippen molar-refractivity contribution in [3.63, 3.8) is 0 Å². The van der Waals surface area contributed by atoms with E-state index in [1.807, 2.05) is 25.1 Å². The van der Waals surface area contributed by atoms with Gasteiger partial charge in [0, 0.05) is 24.4 Å². The minimum Gasteiger partial charge on any atom is -0.489 e. The Morgan fingerprint density at radius 2 is 2.16 bits per heavy atom. The van der Waals surface area contributed by atoms with Crippen molar-refractivity contribution >= 4 is 5.91 Å². The number of para-hydroxylation sites is 1. The van der Waals surface area contributed by atoms with Gasteiger partial charge in [-0.1, -0.05) is 25.5 Å². The SMILES string of the molecule is CC1Oc2c(C(=O)NCc3nnc4n3CCCCC4)cccc2C1C. The smallest absolute Gasteiger partial charge is 0.255 e. The molecule has 2 aliphatic rings. The molecule has 132 valence electrons. The number of amides is 1. The molecule has 0 bridgehead atoms. The van der Waals surface area contributed by atoms with Gasteiger partial charge in [-0.3, -0.25) is 4.79 Å². The molecular weight excluding hydrogens is 316 g/mol. The van der Waals surface area contributed by atoms with Gasteiger partial charge in [0.05, 0.1) is 12.1 Å². The predicted molar refractivity (Wildman–Crippen MR) is 93.7 cm³/mol. The number of hydrogen-bond donors (Lipinski definition) is 1. The van der Waals surface area contributed by atoms with Crippen LogP contribution in [0.5, 0.6) is 5.75 Å². The molecule has 1 amide bonds. The number of aryl methyl sites for hydroxylation is 1. The van der Waals surface area contributed by atoms with Gasteiger partial charge in [-0.15, -0.1) is 10.2 Å². The summed E-state index contributed by atoms with van der Waals surface area (Å²) in [5, 5.41) is 11.5. The van der Waals surface area contributed by atoms with E-state index in [4.69, 9.17) is 4.74 Å². The molecule has 2 atom stereocenters. The molecule has 0 saturated heterocycles. The fourth-order valence-electron chi connectivity index (χ4n) is 3.70. The summed E-state index contributed by atoms with van der Waals surface area (Å²) in [7, 11) is 0. The van der Waals surface area contributed by atoms with Gasteiger partial charge >= 0.3 is 0 Å². The second-order valence-electron chi connectivity index (χ2n) is 7.01. The van der Waals surface area contributed by atoms with Crippen LogP contribution in [0.15, 0.2) is 18.2 Å². The topological polar surface area (TPSA) is 69.0 Å². The molecule has 0 spiro atoms. The number of aromatic nitrogens is 3. The van der Waals surface area contributed by atoms with Crippen LogP contribution in [-0.2, 0) is 19.5 Å². The lowest BCUT2D eigenvalue weighted by Crippen LogP contribution is -2.25. The lowest BCUT2D eigenvalue weighted by molar-refractivity contribution is 0.0944. The van der Waals surface area contributed by atoms with E-state index in [1.54, 1.807) is 0 Å². The number of fused-ring (bicyclic) bond motifs is 2. The summed E-state index contributed by atoms with van der Waals surface area (Å²) < 4.78 is 8.08. The Balaban J connectivity index is 1.50. The van der Waals surface area contributed by atoms with E-state index in [0.29, 0.717) is 18.0 Å². The molecule has 3 heterocycles. The monoisotopic (exact) mass is 340 g/mol. The number of ether oxygens (including phenoxy) is 1. The summed E-state index contributed by atoms with van der Waals surface area (Å²) in [6.45, 7) is 5.49. The highest BCUT2D eigenvalue weighted by atomic mass is 16.5. The summed E-state index contributed by atoms with van der Waals surface area (Å²) in [5.41, 5.74) is 1.71. The molecule has 0 saturated carbocycles. The standard InChI is InChI=1S/C19H24N4O2/c1-12-13(2)25-18-14(12)7-6-8-15(18)19(24)20-11-17-22-21-16-9-4-3-5-10-23(16)17/h6-8,12-13H,3-5,9-11H2,1-2H3,(H,20,24). The number of benzene rings is 1. The lowest BCUT2D eigenvalue weighted by atomic mass is 9.97. The molecule has 1 aromatic carbocycles. The van der Waals surface area contributed by atoms with Crippen molar-refractivity contribution in [2.24, 2.45) is 0 Å². The largest absolute Gasteiger partial charge is 0.489 e. The van der Waals surface area contributed by atoms with Crippen LogP contribution in [0.1, 0.15) is 66.6 Å². The first-order valence-corrected chi connectivity index (χ1v) is 9.14. The van der Waals surface area contributed by atoms with Crippen molar-refractivity contribution in [2.75, 3.05) is 0 Å². The van der Waals surface area contributed by atoms with Crippen LogP contribution < -0.4 is 10.1 Å². The number of nitrogens with one attached hydrogen (secondary N) is 1.